The summed E-state index contributed by atoms with van der Waals surface area (Å²) in [4.78, 5) is 2.79. The standard InChI is InChI=1S/C10H11N3O/c11-13-12-9-5-6-10(14)8-4-2-1-3-7(8)9/h5-6,14H,1-4H2. The largest absolute Gasteiger partial charge is 0.508 e. The van der Waals surface area contributed by atoms with Crippen LogP contribution in [0.1, 0.15) is 24.0 Å². The number of fused-ring (bicyclic) bond motifs is 1. The summed E-state index contributed by atoms with van der Waals surface area (Å²) in [7, 11) is 0. The fourth-order valence-corrected chi connectivity index (χ4v) is 1.97. The third kappa shape index (κ3) is 1.40. The predicted molar refractivity (Wildman–Crippen MR) is 53.6 cm³/mol. The molecule has 0 bridgehead atoms. The van der Waals surface area contributed by atoms with Crippen LogP contribution in [0, 0.1) is 0 Å². The van der Waals surface area contributed by atoms with Gasteiger partial charge in [0, 0.05) is 10.6 Å². The third-order valence-electron chi connectivity index (χ3n) is 2.64. The van der Waals surface area contributed by atoms with E-state index >= 15 is 0 Å². The van der Waals surface area contributed by atoms with Gasteiger partial charge in [0.25, 0.3) is 0 Å². The van der Waals surface area contributed by atoms with Gasteiger partial charge in [-0.25, -0.2) is 0 Å². The molecular weight excluding hydrogens is 178 g/mol. The molecule has 2 rings (SSSR count). The molecule has 1 aromatic carbocycles. The molecule has 0 unspecified atom stereocenters. The minimum Gasteiger partial charge on any atom is -0.508 e. The van der Waals surface area contributed by atoms with Crippen molar-refractivity contribution in [3.05, 3.63) is 33.7 Å². The van der Waals surface area contributed by atoms with E-state index in [0.717, 1.165) is 36.8 Å². The van der Waals surface area contributed by atoms with Gasteiger partial charge in [0.15, 0.2) is 0 Å². The van der Waals surface area contributed by atoms with Crippen LogP contribution in [0.25, 0.3) is 10.4 Å². The Labute approximate surface area is 81.8 Å². The first-order valence-electron chi connectivity index (χ1n) is 4.72. The lowest BCUT2D eigenvalue weighted by molar-refractivity contribution is 0.462. The van der Waals surface area contributed by atoms with Crippen molar-refractivity contribution >= 4 is 5.69 Å². The highest BCUT2D eigenvalue weighted by Gasteiger charge is 2.15. The van der Waals surface area contributed by atoms with Crippen LogP contribution >= 0.6 is 0 Å². The molecule has 0 spiro atoms. The first-order chi connectivity index (χ1) is 6.83. The molecular formula is C10H11N3O. The van der Waals surface area contributed by atoms with Gasteiger partial charge in [0.2, 0.25) is 0 Å². The molecule has 0 saturated carbocycles. The molecule has 0 atom stereocenters. The van der Waals surface area contributed by atoms with E-state index in [1.165, 1.54) is 0 Å². The zero-order valence-corrected chi connectivity index (χ0v) is 7.77. The van der Waals surface area contributed by atoms with Crippen molar-refractivity contribution < 1.29 is 5.11 Å². The van der Waals surface area contributed by atoms with Crippen molar-refractivity contribution in [1.82, 2.24) is 0 Å². The lowest BCUT2D eigenvalue weighted by Crippen LogP contribution is -2.02. The van der Waals surface area contributed by atoms with E-state index in [4.69, 9.17) is 5.53 Å². The van der Waals surface area contributed by atoms with E-state index in [9.17, 15) is 5.11 Å². The lowest BCUT2D eigenvalue weighted by atomic mass is 9.90. The molecule has 0 aromatic heterocycles. The van der Waals surface area contributed by atoms with Crippen LogP contribution in [0.4, 0.5) is 5.69 Å². The zero-order chi connectivity index (χ0) is 9.97. The maximum absolute atomic E-state index is 9.61. The second kappa shape index (κ2) is 3.60. The molecule has 0 fully saturated rings. The van der Waals surface area contributed by atoms with E-state index in [0.29, 0.717) is 11.4 Å². The molecule has 1 aromatic rings. The van der Waals surface area contributed by atoms with Crippen LogP contribution in [0.3, 0.4) is 0 Å². The molecule has 0 amide bonds. The van der Waals surface area contributed by atoms with Crippen molar-refractivity contribution in [2.45, 2.75) is 25.7 Å². The predicted octanol–water partition coefficient (Wildman–Crippen LogP) is 3.21. The maximum Gasteiger partial charge on any atom is 0.119 e. The van der Waals surface area contributed by atoms with Gasteiger partial charge in [0.1, 0.15) is 5.75 Å². The van der Waals surface area contributed by atoms with Crippen LogP contribution in [-0.4, -0.2) is 5.11 Å². The Hall–Kier alpha value is -1.67. The summed E-state index contributed by atoms with van der Waals surface area (Å²) < 4.78 is 0. The van der Waals surface area contributed by atoms with Crippen LogP contribution in [0.15, 0.2) is 17.2 Å². The van der Waals surface area contributed by atoms with Gasteiger partial charge in [-0.15, -0.1) is 0 Å². The Morgan fingerprint density at radius 2 is 1.93 bits per heavy atom. The highest BCUT2D eigenvalue weighted by Crippen LogP contribution is 2.35. The molecule has 1 aliphatic rings. The summed E-state index contributed by atoms with van der Waals surface area (Å²) in [6.07, 6.45) is 3.98. The number of phenolic OH excluding ortho intramolecular Hbond substituents is 1. The van der Waals surface area contributed by atoms with Gasteiger partial charge in [-0.1, -0.05) is 5.11 Å². The summed E-state index contributed by atoms with van der Waals surface area (Å²) in [6, 6.07) is 3.29. The monoisotopic (exact) mass is 189 g/mol. The van der Waals surface area contributed by atoms with E-state index < -0.39 is 0 Å². The van der Waals surface area contributed by atoms with Gasteiger partial charge in [-0.05, 0) is 54.5 Å². The molecule has 0 saturated heterocycles. The summed E-state index contributed by atoms with van der Waals surface area (Å²) >= 11 is 0. The Morgan fingerprint density at radius 3 is 2.64 bits per heavy atom. The quantitative estimate of drug-likeness (QED) is 0.411. The third-order valence-corrected chi connectivity index (χ3v) is 2.64. The van der Waals surface area contributed by atoms with E-state index in [-0.39, 0.29) is 0 Å². The minimum absolute atomic E-state index is 0.330. The van der Waals surface area contributed by atoms with Crippen molar-refractivity contribution in [2.75, 3.05) is 0 Å². The summed E-state index contributed by atoms with van der Waals surface area (Å²) in [5.41, 5.74) is 11.0. The van der Waals surface area contributed by atoms with Gasteiger partial charge in [-0.3, -0.25) is 0 Å². The fraction of sp³-hybridized carbons (Fsp3) is 0.400. The van der Waals surface area contributed by atoms with Gasteiger partial charge in [0.05, 0.1) is 0 Å². The zero-order valence-electron chi connectivity index (χ0n) is 7.77. The van der Waals surface area contributed by atoms with Crippen LogP contribution < -0.4 is 0 Å². The van der Waals surface area contributed by atoms with Crippen molar-refractivity contribution in [2.24, 2.45) is 5.11 Å². The lowest BCUT2D eigenvalue weighted by Gasteiger charge is -2.18. The first kappa shape index (κ1) is 8.91. The fourth-order valence-electron chi connectivity index (χ4n) is 1.97. The Kier molecular flexibility index (Phi) is 2.29. The molecule has 0 radical (unpaired) electrons. The van der Waals surface area contributed by atoms with E-state index in [2.05, 4.69) is 10.0 Å². The smallest absolute Gasteiger partial charge is 0.119 e. The minimum atomic E-state index is 0.330. The first-order valence-corrected chi connectivity index (χ1v) is 4.72. The molecule has 4 heteroatoms. The highest BCUT2D eigenvalue weighted by atomic mass is 16.3. The van der Waals surface area contributed by atoms with Gasteiger partial charge in [-0.2, -0.15) is 0 Å². The van der Waals surface area contributed by atoms with Crippen LogP contribution in [-0.2, 0) is 12.8 Å². The van der Waals surface area contributed by atoms with Crippen molar-refractivity contribution in [3.63, 3.8) is 0 Å². The molecule has 0 aliphatic heterocycles. The second-order valence-corrected chi connectivity index (χ2v) is 3.46. The van der Waals surface area contributed by atoms with Crippen molar-refractivity contribution in [3.8, 4) is 5.75 Å². The Bertz CT molecular complexity index is 408. The van der Waals surface area contributed by atoms with Crippen molar-refractivity contribution in [1.29, 1.82) is 0 Å². The maximum atomic E-state index is 9.61. The number of aromatic hydroxyl groups is 1. The van der Waals surface area contributed by atoms with Crippen LogP contribution in [0.2, 0.25) is 0 Å². The average molecular weight is 189 g/mol. The van der Waals surface area contributed by atoms with Gasteiger partial charge < -0.3 is 5.11 Å². The number of phenols is 1. The summed E-state index contributed by atoms with van der Waals surface area (Å²) in [6.45, 7) is 0. The Balaban J connectivity index is 2.58. The normalized spacial score (nSPS) is 14.3. The number of azide groups is 1. The molecule has 1 aliphatic carbocycles. The summed E-state index contributed by atoms with van der Waals surface area (Å²) in [5.74, 6) is 0.330. The molecule has 14 heavy (non-hydrogen) atoms. The number of hydrogen-bond acceptors (Lipinski definition) is 2. The van der Waals surface area contributed by atoms with E-state index in [1.807, 2.05) is 0 Å². The highest BCUT2D eigenvalue weighted by molar-refractivity contribution is 5.56. The average Bonchev–Trinajstić information content (AvgIpc) is 2.23. The molecule has 72 valence electrons. The van der Waals surface area contributed by atoms with Gasteiger partial charge >= 0.3 is 0 Å². The Morgan fingerprint density at radius 1 is 1.21 bits per heavy atom. The van der Waals surface area contributed by atoms with E-state index in [1.54, 1.807) is 12.1 Å². The number of rotatable bonds is 1. The SMILES string of the molecule is [N-]=[N+]=Nc1ccc(O)c2c1CCCC2. The number of hydrogen-bond donors (Lipinski definition) is 1. The molecule has 4 nitrogen and oxygen atoms in total. The molecule has 0 heterocycles. The number of nitrogens with zero attached hydrogens (tertiary/aromatic N) is 3. The second-order valence-electron chi connectivity index (χ2n) is 3.46. The summed E-state index contributed by atoms with van der Waals surface area (Å²) in [5, 5.41) is 13.2. The van der Waals surface area contributed by atoms with Crippen LogP contribution in [0.5, 0.6) is 5.75 Å². The molecule has 1 N–H and O–H groups in total. The topological polar surface area (TPSA) is 69.0 Å². The number of benzene rings is 1.